The van der Waals surface area contributed by atoms with Gasteiger partial charge in [-0.2, -0.15) is 0 Å². The average Bonchev–Trinajstić information content (AvgIpc) is 3.23. The Balaban J connectivity index is 1.89. The molecule has 1 aliphatic carbocycles. The molecule has 4 heteroatoms. The van der Waals surface area contributed by atoms with Crippen LogP contribution < -0.4 is 10.1 Å². The second-order valence-electron chi connectivity index (χ2n) is 4.38. The summed E-state index contributed by atoms with van der Waals surface area (Å²) in [5.74, 6) is 1.73. The second-order valence-corrected chi connectivity index (χ2v) is 4.38. The highest BCUT2D eigenvalue weighted by Crippen LogP contribution is 2.29. The van der Waals surface area contributed by atoms with E-state index in [0.717, 1.165) is 22.8 Å². The van der Waals surface area contributed by atoms with Crippen LogP contribution in [0.1, 0.15) is 12.8 Å². The van der Waals surface area contributed by atoms with E-state index in [-0.39, 0.29) is 0 Å². The fraction of sp³-hybridized carbons (Fsp3) is 0.286. The summed E-state index contributed by atoms with van der Waals surface area (Å²) in [6.45, 7) is 0. The zero-order valence-electron chi connectivity index (χ0n) is 10.3. The SMILES string of the molecule is CNc1cc(-c2cccc(OC3CC3)c2)ncn1. The summed E-state index contributed by atoms with van der Waals surface area (Å²) in [6.07, 6.45) is 4.32. The van der Waals surface area contributed by atoms with E-state index in [2.05, 4.69) is 15.3 Å². The predicted molar refractivity (Wildman–Crippen MR) is 70.7 cm³/mol. The van der Waals surface area contributed by atoms with Crippen molar-refractivity contribution in [2.75, 3.05) is 12.4 Å². The standard InChI is InChI=1S/C14H15N3O/c1-15-14-8-13(16-9-17-14)10-3-2-4-12(7-10)18-11-5-6-11/h2-4,7-9,11H,5-6H2,1H3,(H,15,16,17). The van der Waals surface area contributed by atoms with Crippen molar-refractivity contribution in [3.8, 4) is 17.0 Å². The van der Waals surface area contributed by atoms with Gasteiger partial charge in [0.2, 0.25) is 0 Å². The van der Waals surface area contributed by atoms with E-state index in [1.165, 1.54) is 12.8 Å². The number of ether oxygens (including phenoxy) is 1. The molecule has 1 aliphatic rings. The average molecular weight is 241 g/mol. The lowest BCUT2D eigenvalue weighted by Crippen LogP contribution is -1.97. The van der Waals surface area contributed by atoms with E-state index >= 15 is 0 Å². The van der Waals surface area contributed by atoms with Crippen LogP contribution >= 0.6 is 0 Å². The molecule has 1 aromatic heterocycles. The van der Waals surface area contributed by atoms with E-state index in [1.54, 1.807) is 6.33 Å². The Kier molecular flexibility index (Phi) is 2.84. The maximum absolute atomic E-state index is 5.78. The van der Waals surface area contributed by atoms with Crippen LogP contribution in [0.5, 0.6) is 5.75 Å². The van der Waals surface area contributed by atoms with E-state index in [1.807, 2.05) is 37.4 Å². The molecule has 1 aromatic carbocycles. The molecule has 92 valence electrons. The van der Waals surface area contributed by atoms with E-state index in [0.29, 0.717) is 6.10 Å². The lowest BCUT2D eigenvalue weighted by Gasteiger charge is -2.07. The summed E-state index contributed by atoms with van der Waals surface area (Å²) < 4.78 is 5.78. The van der Waals surface area contributed by atoms with Crippen LogP contribution in [0.3, 0.4) is 0 Å². The molecule has 1 N–H and O–H groups in total. The number of nitrogens with zero attached hydrogens (tertiary/aromatic N) is 2. The van der Waals surface area contributed by atoms with Crippen molar-refractivity contribution in [1.82, 2.24) is 9.97 Å². The Morgan fingerprint density at radius 3 is 2.89 bits per heavy atom. The Bertz CT molecular complexity index is 552. The molecule has 0 spiro atoms. The molecule has 3 rings (SSSR count). The van der Waals surface area contributed by atoms with Crippen LogP contribution in [-0.4, -0.2) is 23.1 Å². The molecule has 1 saturated carbocycles. The Hall–Kier alpha value is -2.10. The topological polar surface area (TPSA) is 47.0 Å². The molecule has 1 heterocycles. The Labute approximate surface area is 106 Å². The van der Waals surface area contributed by atoms with Gasteiger partial charge in [0.1, 0.15) is 17.9 Å². The van der Waals surface area contributed by atoms with Gasteiger partial charge in [0.25, 0.3) is 0 Å². The fourth-order valence-corrected chi connectivity index (χ4v) is 1.76. The monoisotopic (exact) mass is 241 g/mol. The quantitative estimate of drug-likeness (QED) is 0.894. The molecule has 0 amide bonds. The minimum atomic E-state index is 0.415. The molecular formula is C14H15N3O. The maximum atomic E-state index is 5.78. The van der Waals surface area contributed by atoms with Crippen molar-refractivity contribution in [2.45, 2.75) is 18.9 Å². The second kappa shape index (κ2) is 4.64. The first kappa shape index (κ1) is 11.0. The van der Waals surface area contributed by atoms with Gasteiger partial charge < -0.3 is 10.1 Å². The van der Waals surface area contributed by atoms with E-state index in [9.17, 15) is 0 Å². The molecule has 0 atom stereocenters. The molecule has 4 nitrogen and oxygen atoms in total. The first-order valence-corrected chi connectivity index (χ1v) is 6.12. The first-order valence-electron chi connectivity index (χ1n) is 6.12. The smallest absolute Gasteiger partial charge is 0.129 e. The van der Waals surface area contributed by atoms with Crippen LogP contribution in [0.15, 0.2) is 36.7 Å². The van der Waals surface area contributed by atoms with Gasteiger partial charge >= 0.3 is 0 Å². The molecule has 2 aromatic rings. The van der Waals surface area contributed by atoms with Gasteiger partial charge in [0.05, 0.1) is 11.8 Å². The minimum absolute atomic E-state index is 0.415. The number of aromatic nitrogens is 2. The largest absolute Gasteiger partial charge is 0.490 e. The van der Waals surface area contributed by atoms with Gasteiger partial charge in [0, 0.05) is 18.7 Å². The lowest BCUT2D eigenvalue weighted by atomic mass is 10.1. The highest BCUT2D eigenvalue weighted by atomic mass is 16.5. The third-order valence-electron chi connectivity index (χ3n) is 2.88. The molecule has 0 unspecified atom stereocenters. The van der Waals surface area contributed by atoms with Gasteiger partial charge in [-0.1, -0.05) is 12.1 Å². The zero-order chi connectivity index (χ0) is 12.4. The number of rotatable bonds is 4. The summed E-state index contributed by atoms with van der Waals surface area (Å²) in [6, 6.07) is 9.97. The van der Waals surface area contributed by atoms with E-state index in [4.69, 9.17) is 4.74 Å². The third kappa shape index (κ3) is 2.42. The molecular weight excluding hydrogens is 226 g/mol. The normalized spacial score (nSPS) is 14.3. The van der Waals surface area contributed by atoms with Gasteiger partial charge in [-0.3, -0.25) is 0 Å². The van der Waals surface area contributed by atoms with Crippen molar-refractivity contribution >= 4 is 5.82 Å². The van der Waals surface area contributed by atoms with Gasteiger partial charge in [0.15, 0.2) is 0 Å². The number of anilines is 1. The number of hydrogen-bond acceptors (Lipinski definition) is 4. The Morgan fingerprint density at radius 1 is 1.22 bits per heavy atom. The van der Waals surface area contributed by atoms with Crippen LogP contribution in [0.25, 0.3) is 11.3 Å². The fourth-order valence-electron chi connectivity index (χ4n) is 1.76. The highest BCUT2D eigenvalue weighted by Gasteiger charge is 2.23. The predicted octanol–water partition coefficient (Wildman–Crippen LogP) is 2.73. The molecule has 0 bridgehead atoms. The van der Waals surface area contributed by atoms with Crippen molar-refractivity contribution < 1.29 is 4.74 Å². The van der Waals surface area contributed by atoms with Gasteiger partial charge in [-0.25, -0.2) is 9.97 Å². The molecule has 1 fully saturated rings. The summed E-state index contributed by atoms with van der Waals surface area (Å²) in [5, 5.41) is 3.01. The zero-order valence-corrected chi connectivity index (χ0v) is 10.3. The van der Waals surface area contributed by atoms with E-state index < -0.39 is 0 Å². The van der Waals surface area contributed by atoms with Crippen molar-refractivity contribution in [2.24, 2.45) is 0 Å². The minimum Gasteiger partial charge on any atom is -0.490 e. The summed E-state index contributed by atoms with van der Waals surface area (Å²) in [4.78, 5) is 8.40. The number of benzene rings is 1. The van der Waals surface area contributed by atoms with Gasteiger partial charge in [-0.05, 0) is 25.0 Å². The third-order valence-corrected chi connectivity index (χ3v) is 2.88. The van der Waals surface area contributed by atoms with Crippen LogP contribution in [0.2, 0.25) is 0 Å². The van der Waals surface area contributed by atoms with Crippen LogP contribution in [-0.2, 0) is 0 Å². The molecule has 0 radical (unpaired) electrons. The van der Waals surface area contributed by atoms with Crippen molar-refractivity contribution in [3.63, 3.8) is 0 Å². The highest BCUT2D eigenvalue weighted by molar-refractivity contribution is 5.63. The Morgan fingerprint density at radius 2 is 2.11 bits per heavy atom. The molecule has 0 aliphatic heterocycles. The van der Waals surface area contributed by atoms with Crippen molar-refractivity contribution in [1.29, 1.82) is 0 Å². The number of nitrogens with one attached hydrogen (secondary N) is 1. The summed E-state index contributed by atoms with van der Waals surface area (Å²) in [7, 11) is 1.85. The van der Waals surface area contributed by atoms with Crippen LogP contribution in [0, 0.1) is 0 Å². The maximum Gasteiger partial charge on any atom is 0.129 e. The van der Waals surface area contributed by atoms with Crippen LogP contribution in [0.4, 0.5) is 5.82 Å². The first-order chi connectivity index (χ1) is 8.85. The number of hydrogen-bond donors (Lipinski definition) is 1. The van der Waals surface area contributed by atoms with Crippen molar-refractivity contribution in [3.05, 3.63) is 36.7 Å². The lowest BCUT2D eigenvalue weighted by molar-refractivity contribution is 0.303. The summed E-state index contributed by atoms with van der Waals surface area (Å²) in [5.41, 5.74) is 1.95. The van der Waals surface area contributed by atoms with Gasteiger partial charge in [-0.15, -0.1) is 0 Å². The summed E-state index contributed by atoms with van der Waals surface area (Å²) >= 11 is 0. The molecule has 0 saturated heterocycles. The molecule has 18 heavy (non-hydrogen) atoms.